The molecule has 0 aliphatic heterocycles. The molecule has 0 aliphatic carbocycles. The van der Waals surface area contributed by atoms with Gasteiger partial charge in [-0.15, -0.1) is 0 Å². The van der Waals surface area contributed by atoms with Gasteiger partial charge in [-0.05, 0) is 32.0 Å². The van der Waals surface area contributed by atoms with Crippen LogP contribution in [-0.2, 0) is 9.84 Å². The lowest BCUT2D eigenvalue weighted by molar-refractivity contribution is 0.402. The van der Waals surface area contributed by atoms with E-state index in [4.69, 9.17) is 10.5 Å². The van der Waals surface area contributed by atoms with Crippen molar-refractivity contribution in [1.82, 2.24) is 0 Å². The van der Waals surface area contributed by atoms with Gasteiger partial charge in [-0.1, -0.05) is 12.1 Å². The van der Waals surface area contributed by atoms with Gasteiger partial charge in [0.2, 0.25) is 0 Å². The van der Waals surface area contributed by atoms with Gasteiger partial charge in [0.1, 0.15) is 10.6 Å². The van der Waals surface area contributed by atoms with E-state index in [-0.39, 0.29) is 4.90 Å². The van der Waals surface area contributed by atoms with Crippen molar-refractivity contribution in [2.75, 3.05) is 13.7 Å². The Labute approximate surface area is 96.3 Å². The molecule has 4 nitrogen and oxygen atoms in total. The zero-order valence-electron chi connectivity index (χ0n) is 9.51. The maximum atomic E-state index is 12.2. The number of hydrogen-bond donors (Lipinski definition) is 1. The molecule has 16 heavy (non-hydrogen) atoms. The maximum absolute atomic E-state index is 12.2. The fourth-order valence-electron chi connectivity index (χ4n) is 1.46. The summed E-state index contributed by atoms with van der Waals surface area (Å²) in [7, 11) is -1.89. The largest absolute Gasteiger partial charge is 0.495 e. The van der Waals surface area contributed by atoms with Crippen LogP contribution in [0.2, 0.25) is 0 Å². The first-order chi connectivity index (χ1) is 7.54. The van der Waals surface area contributed by atoms with E-state index in [1.54, 1.807) is 31.2 Å². The first kappa shape index (κ1) is 13.0. The summed E-state index contributed by atoms with van der Waals surface area (Å²) in [5.41, 5.74) is 5.38. The lowest BCUT2D eigenvalue weighted by atomic mass is 10.3. The zero-order valence-corrected chi connectivity index (χ0v) is 10.3. The monoisotopic (exact) mass is 243 g/mol. The summed E-state index contributed by atoms with van der Waals surface area (Å²) in [4.78, 5) is 0.235. The Morgan fingerprint density at radius 2 is 2.00 bits per heavy atom. The molecule has 0 bridgehead atoms. The molecule has 0 radical (unpaired) electrons. The maximum Gasteiger partial charge on any atom is 0.184 e. The Balaban J connectivity index is 3.16. The van der Waals surface area contributed by atoms with Gasteiger partial charge in [0.05, 0.1) is 12.4 Å². The predicted octanol–water partition coefficient (Wildman–Crippen LogP) is 1.21. The van der Waals surface area contributed by atoms with Crippen LogP contribution >= 0.6 is 0 Å². The molecule has 1 unspecified atom stereocenters. The molecule has 0 fully saturated rings. The predicted molar refractivity (Wildman–Crippen MR) is 63.3 cm³/mol. The van der Waals surface area contributed by atoms with Gasteiger partial charge in [0.25, 0.3) is 0 Å². The first-order valence-corrected chi connectivity index (χ1v) is 6.65. The van der Waals surface area contributed by atoms with Crippen LogP contribution in [0.15, 0.2) is 29.2 Å². The van der Waals surface area contributed by atoms with Gasteiger partial charge in [-0.25, -0.2) is 8.42 Å². The Morgan fingerprint density at radius 3 is 2.56 bits per heavy atom. The molecule has 0 amide bonds. The first-order valence-electron chi connectivity index (χ1n) is 5.11. The highest BCUT2D eigenvalue weighted by atomic mass is 32.2. The minimum Gasteiger partial charge on any atom is -0.495 e. The molecule has 0 heterocycles. The van der Waals surface area contributed by atoms with Crippen LogP contribution in [0, 0.1) is 0 Å². The van der Waals surface area contributed by atoms with E-state index in [9.17, 15) is 8.42 Å². The van der Waals surface area contributed by atoms with Crippen molar-refractivity contribution in [3.8, 4) is 5.75 Å². The van der Waals surface area contributed by atoms with Crippen LogP contribution in [0.4, 0.5) is 0 Å². The molecule has 1 atom stereocenters. The molecule has 0 aliphatic rings. The minimum atomic E-state index is -3.35. The summed E-state index contributed by atoms with van der Waals surface area (Å²) >= 11 is 0. The summed E-state index contributed by atoms with van der Waals surface area (Å²) in [6.45, 7) is 2.02. The minimum absolute atomic E-state index is 0.235. The second-order valence-electron chi connectivity index (χ2n) is 3.58. The van der Waals surface area contributed by atoms with Gasteiger partial charge in [-0.3, -0.25) is 0 Å². The van der Waals surface area contributed by atoms with Crippen molar-refractivity contribution in [3.63, 3.8) is 0 Å². The SMILES string of the molecule is COc1ccccc1S(=O)(=O)C(C)CCN. The molecular formula is C11H17NO3S. The number of nitrogens with two attached hydrogens (primary N) is 1. The van der Waals surface area contributed by atoms with Crippen molar-refractivity contribution in [2.45, 2.75) is 23.5 Å². The lowest BCUT2D eigenvalue weighted by Crippen LogP contribution is -2.21. The van der Waals surface area contributed by atoms with Gasteiger partial charge in [-0.2, -0.15) is 0 Å². The third-order valence-corrected chi connectivity index (χ3v) is 4.72. The van der Waals surface area contributed by atoms with Crippen LogP contribution in [0.3, 0.4) is 0 Å². The average molecular weight is 243 g/mol. The molecule has 0 aromatic heterocycles. The van der Waals surface area contributed by atoms with Crippen LogP contribution in [0.5, 0.6) is 5.75 Å². The third-order valence-electron chi connectivity index (χ3n) is 2.48. The topological polar surface area (TPSA) is 69.4 Å². The molecular weight excluding hydrogens is 226 g/mol. The molecule has 1 rings (SSSR count). The highest BCUT2D eigenvalue weighted by Gasteiger charge is 2.25. The highest BCUT2D eigenvalue weighted by molar-refractivity contribution is 7.92. The van der Waals surface area contributed by atoms with Crippen molar-refractivity contribution in [1.29, 1.82) is 0 Å². The van der Waals surface area contributed by atoms with Gasteiger partial charge in [0, 0.05) is 0 Å². The van der Waals surface area contributed by atoms with Gasteiger partial charge < -0.3 is 10.5 Å². The molecule has 1 aromatic carbocycles. The van der Waals surface area contributed by atoms with E-state index in [2.05, 4.69) is 0 Å². The number of rotatable bonds is 5. The highest BCUT2D eigenvalue weighted by Crippen LogP contribution is 2.27. The fourth-order valence-corrected chi connectivity index (χ4v) is 3.04. The number of sulfone groups is 1. The van der Waals surface area contributed by atoms with Crippen LogP contribution in [-0.4, -0.2) is 27.3 Å². The van der Waals surface area contributed by atoms with E-state index >= 15 is 0 Å². The van der Waals surface area contributed by atoms with Gasteiger partial charge in [0.15, 0.2) is 9.84 Å². The van der Waals surface area contributed by atoms with Crippen LogP contribution < -0.4 is 10.5 Å². The molecule has 90 valence electrons. The second-order valence-corrected chi connectivity index (χ2v) is 5.92. The average Bonchev–Trinajstić information content (AvgIpc) is 2.29. The van der Waals surface area contributed by atoms with Crippen molar-refractivity contribution in [2.24, 2.45) is 5.73 Å². The summed E-state index contributed by atoms with van der Waals surface area (Å²) in [6.07, 6.45) is 0.445. The Morgan fingerprint density at radius 1 is 1.38 bits per heavy atom. The molecule has 0 saturated heterocycles. The third kappa shape index (κ3) is 2.54. The summed E-state index contributed by atoms with van der Waals surface area (Å²) in [5, 5.41) is -0.492. The summed E-state index contributed by atoms with van der Waals surface area (Å²) in [6, 6.07) is 6.62. The van der Waals surface area contributed by atoms with E-state index in [1.165, 1.54) is 7.11 Å². The Bertz CT molecular complexity index is 442. The molecule has 2 N–H and O–H groups in total. The van der Waals surface area contributed by atoms with E-state index in [1.807, 2.05) is 0 Å². The van der Waals surface area contributed by atoms with E-state index in [0.29, 0.717) is 18.7 Å². The smallest absolute Gasteiger partial charge is 0.184 e. The summed E-state index contributed by atoms with van der Waals surface area (Å²) < 4.78 is 29.4. The van der Waals surface area contributed by atoms with Crippen LogP contribution in [0.1, 0.15) is 13.3 Å². The fraction of sp³-hybridized carbons (Fsp3) is 0.455. The van der Waals surface area contributed by atoms with Crippen molar-refractivity contribution in [3.05, 3.63) is 24.3 Å². The molecule has 0 saturated carbocycles. The van der Waals surface area contributed by atoms with Gasteiger partial charge >= 0.3 is 0 Å². The molecule has 5 heteroatoms. The number of ether oxygens (including phenoxy) is 1. The van der Waals surface area contributed by atoms with E-state index in [0.717, 1.165) is 0 Å². The second kappa shape index (κ2) is 5.32. The standard InChI is InChI=1S/C11H17NO3S/c1-9(7-8-12)16(13,14)11-6-4-3-5-10(11)15-2/h3-6,9H,7-8,12H2,1-2H3. The van der Waals surface area contributed by atoms with E-state index < -0.39 is 15.1 Å². The number of benzene rings is 1. The molecule has 1 aromatic rings. The normalized spacial score (nSPS) is 13.4. The number of methoxy groups -OCH3 is 1. The van der Waals surface area contributed by atoms with Crippen LogP contribution in [0.25, 0.3) is 0 Å². The summed E-state index contributed by atoms with van der Waals surface area (Å²) in [5.74, 6) is 0.381. The number of hydrogen-bond acceptors (Lipinski definition) is 4. The van der Waals surface area contributed by atoms with Crippen molar-refractivity contribution >= 4 is 9.84 Å². The number of para-hydroxylation sites is 1. The van der Waals surface area contributed by atoms with Crippen molar-refractivity contribution < 1.29 is 13.2 Å². The molecule has 0 spiro atoms. The quantitative estimate of drug-likeness (QED) is 0.843. The Hall–Kier alpha value is -1.07. The Kier molecular flexibility index (Phi) is 4.32. The lowest BCUT2D eigenvalue weighted by Gasteiger charge is -2.14. The zero-order chi connectivity index (χ0) is 12.2.